The molecular formula is C46H44O10. The van der Waals surface area contributed by atoms with E-state index in [4.69, 9.17) is 28.4 Å². The summed E-state index contributed by atoms with van der Waals surface area (Å²) in [5.41, 5.74) is 3.26. The standard InChI is InChI=1S/C46H44O10/c1-2-44(48)52-29-9-4-3-8-28-51-39-20-16-37(17-21-39)46(50)56-43-26-14-36(30-38(43)31-47)33-54-40-18-12-34(13-19-40)15-27-45(49)55-42-24-22-41(23-25-42)53-32-35-10-6-5-7-11-35/h2,5-7,10-14,16-26,30-31H,1,3-4,8-9,15,27-29,32-33H2. The SMILES string of the molecule is C=CC(=O)OCCCCCCOc1ccc(C(=O)Oc2ccc(COc3ccc(CCC(=O)Oc4ccc(OCc5ccccc5)cc4)cc3)cc2C=O)cc1. The zero-order valence-corrected chi connectivity index (χ0v) is 31.1. The van der Waals surface area contributed by atoms with Crippen molar-refractivity contribution in [2.75, 3.05) is 13.2 Å². The van der Waals surface area contributed by atoms with Crippen molar-refractivity contribution in [3.63, 3.8) is 0 Å². The van der Waals surface area contributed by atoms with Gasteiger partial charge in [0.1, 0.15) is 42.0 Å². The van der Waals surface area contributed by atoms with Crippen molar-refractivity contribution in [2.24, 2.45) is 0 Å². The Balaban J connectivity index is 0.994. The number of hydrogen-bond acceptors (Lipinski definition) is 10. The maximum atomic E-state index is 12.8. The first-order valence-electron chi connectivity index (χ1n) is 18.4. The number of rotatable bonds is 22. The summed E-state index contributed by atoms with van der Waals surface area (Å²) in [6.45, 7) is 4.90. The van der Waals surface area contributed by atoms with Gasteiger partial charge in [-0.15, -0.1) is 0 Å². The average molecular weight is 757 g/mol. The van der Waals surface area contributed by atoms with Crippen LogP contribution in [0.25, 0.3) is 0 Å². The highest BCUT2D eigenvalue weighted by Crippen LogP contribution is 2.24. The van der Waals surface area contributed by atoms with Crippen LogP contribution in [0.15, 0.2) is 134 Å². The predicted octanol–water partition coefficient (Wildman–Crippen LogP) is 9.08. The zero-order chi connectivity index (χ0) is 39.4. The molecule has 0 atom stereocenters. The highest BCUT2D eigenvalue weighted by Gasteiger charge is 2.13. The number of esters is 3. The van der Waals surface area contributed by atoms with Crippen molar-refractivity contribution >= 4 is 24.2 Å². The van der Waals surface area contributed by atoms with Gasteiger partial charge in [0.05, 0.1) is 24.3 Å². The van der Waals surface area contributed by atoms with Crippen molar-refractivity contribution in [1.29, 1.82) is 0 Å². The monoisotopic (exact) mass is 756 g/mol. The Morgan fingerprint density at radius 2 is 1.16 bits per heavy atom. The molecule has 0 fully saturated rings. The topological polar surface area (TPSA) is 124 Å². The van der Waals surface area contributed by atoms with Gasteiger partial charge >= 0.3 is 17.9 Å². The van der Waals surface area contributed by atoms with Crippen LogP contribution < -0.4 is 23.7 Å². The Kier molecular flexibility index (Phi) is 15.8. The van der Waals surface area contributed by atoms with Crippen LogP contribution in [0.4, 0.5) is 0 Å². The quantitative estimate of drug-likeness (QED) is 0.0222. The van der Waals surface area contributed by atoms with E-state index in [1.54, 1.807) is 66.7 Å². The molecule has 10 heteroatoms. The molecule has 0 radical (unpaired) electrons. The number of benzene rings is 5. The van der Waals surface area contributed by atoms with E-state index >= 15 is 0 Å². The normalized spacial score (nSPS) is 10.5. The maximum Gasteiger partial charge on any atom is 0.343 e. The first kappa shape index (κ1) is 40.5. The summed E-state index contributed by atoms with van der Waals surface area (Å²) in [7, 11) is 0. The molecule has 0 aromatic heterocycles. The summed E-state index contributed by atoms with van der Waals surface area (Å²) in [6.07, 6.45) is 5.95. The first-order chi connectivity index (χ1) is 27.4. The van der Waals surface area contributed by atoms with Crippen molar-refractivity contribution in [3.05, 3.63) is 162 Å². The molecule has 5 rings (SSSR count). The van der Waals surface area contributed by atoms with Crippen LogP contribution in [-0.2, 0) is 34.0 Å². The molecule has 0 aliphatic rings. The second-order valence-electron chi connectivity index (χ2n) is 12.7. The fraction of sp³-hybridized carbons (Fsp3) is 0.217. The lowest BCUT2D eigenvalue weighted by Crippen LogP contribution is -2.10. The van der Waals surface area contributed by atoms with E-state index in [-0.39, 0.29) is 30.3 Å². The summed E-state index contributed by atoms with van der Waals surface area (Å²) in [6, 6.07) is 35.7. The highest BCUT2D eigenvalue weighted by atomic mass is 16.5. The smallest absolute Gasteiger partial charge is 0.343 e. The molecule has 0 saturated carbocycles. The van der Waals surface area contributed by atoms with E-state index in [0.717, 1.165) is 42.9 Å². The number of ether oxygens (including phenoxy) is 6. The Bertz CT molecular complexity index is 2020. The molecule has 0 aliphatic carbocycles. The van der Waals surface area contributed by atoms with Crippen molar-refractivity contribution in [3.8, 4) is 28.7 Å². The van der Waals surface area contributed by atoms with Crippen molar-refractivity contribution in [1.82, 2.24) is 0 Å². The number of hydrogen-bond donors (Lipinski definition) is 0. The van der Waals surface area contributed by atoms with E-state index in [1.807, 2.05) is 54.6 Å². The van der Waals surface area contributed by atoms with E-state index < -0.39 is 11.9 Å². The van der Waals surface area contributed by atoms with Gasteiger partial charge in [0.15, 0.2) is 6.29 Å². The number of aldehydes is 1. The van der Waals surface area contributed by atoms with Crippen molar-refractivity contribution < 1.29 is 47.6 Å². The molecule has 0 N–H and O–H groups in total. The van der Waals surface area contributed by atoms with Gasteiger partial charge in [-0.05, 0) is 122 Å². The molecule has 0 amide bonds. The molecule has 0 aliphatic heterocycles. The van der Waals surface area contributed by atoms with Gasteiger partial charge in [-0.1, -0.05) is 55.1 Å². The third-order valence-electron chi connectivity index (χ3n) is 8.46. The van der Waals surface area contributed by atoms with Crippen LogP contribution in [0.3, 0.4) is 0 Å². The molecule has 5 aromatic carbocycles. The van der Waals surface area contributed by atoms with Gasteiger partial charge in [-0.3, -0.25) is 9.59 Å². The minimum Gasteiger partial charge on any atom is -0.494 e. The molecular weight excluding hydrogens is 712 g/mol. The second kappa shape index (κ2) is 21.9. The molecule has 0 bridgehead atoms. The largest absolute Gasteiger partial charge is 0.494 e. The molecule has 0 spiro atoms. The van der Waals surface area contributed by atoms with Crippen LogP contribution in [0.2, 0.25) is 0 Å². The highest BCUT2D eigenvalue weighted by molar-refractivity contribution is 5.92. The Labute approximate surface area is 326 Å². The van der Waals surface area contributed by atoms with E-state index in [1.165, 1.54) is 0 Å². The summed E-state index contributed by atoms with van der Waals surface area (Å²) in [4.78, 5) is 48.2. The maximum absolute atomic E-state index is 12.8. The van der Waals surface area contributed by atoms with Crippen LogP contribution in [0, 0.1) is 0 Å². The van der Waals surface area contributed by atoms with Gasteiger partial charge in [0, 0.05) is 12.5 Å². The van der Waals surface area contributed by atoms with Gasteiger partial charge < -0.3 is 28.4 Å². The van der Waals surface area contributed by atoms with E-state index in [2.05, 4.69) is 6.58 Å². The first-order valence-corrected chi connectivity index (χ1v) is 18.4. The zero-order valence-electron chi connectivity index (χ0n) is 31.1. The summed E-state index contributed by atoms with van der Waals surface area (Å²) in [5, 5.41) is 0. The van der Waals surface area contributed by atoms with Gasteiger partial charge in [-0.25, -0.2) is 9.59 Å². The number of aryl methyl sites for hydroxylation is 1. The van der Waals surface area contributed by atoms with Crippen LogP contribution in [0.5, 0.6) is 28.7 Å². The van der Waals surface area contributed by atoms with Crippen LogP contribution >= 0.6 is 0 Å². The lowest BCUT2D eigenvalue weighted by atomic mass is 10.1. The van der Waals surface area contributed by atoms with E-state index in [9.17, 15) is 19.2 Å². The fourth-order valence-electron chi connectivity index (χ4n) is 5.39. The van der Waals surface area contributed by atoms with Gasteiger partial charge in [0.25, 0.3) is 0 Å². The Morgan fingerprint density at radius 3 is 1.84 bits per heavy atom. The molecule has 10 nitrogen and oxygen atoms in total. The molecule has 0 unspecified atom stereocenters. The lowest BCUT2D eigenvalue weighted by Gasteiger charge is -2.11. The Hall–Kier alpha value is -6.68. The summed E-state index contributed by atoms with van der Waals surface area (Å²) < 4.78 is 33.4. The minimum absolute atomic E-state index is 0.140. The van der Waals surface area contributed by atoms with Gasteiger partial charge in [-0.2, -0.15) is 0 Å². The van der Waals surface area contributed by atoms with E-state index in [0.29, 0.717) is 66.7 Å². The molecule has 288 valence electrons. The Morgan fingerprint density at radius 1 is 0.571 bits per heavy atom. The average Bonchev–Trinajstić information content (AvgIpc) is 3.24. The fourth-order valence-corrected chi connectivity index (χ4v) is 5.39. The van der Waals surface area contributed by atoms with Gasteiger partial charge in [0.2, 0.25) is 0 Å². The van der Waals surface area contributed by atoms with Crippen molar-refractivity contribution in [2.45, 2.75) is 51.7 Å². The predicted molar refractivity (Wildman–Crippen MR) is 210 cm³/mol. The summed E-state index contributed by atoms with van der Waals surface area (Å²) >= 11 is 0. The molecule has 5 aromatic rings. The third-order valence-corrected chi connectivity index (χ3v) is 8.46. The lowest BCUT2D eigenvalue weighted by molar-refractivity contribution is -0.138. The minimum atomic E-state index is -0.604. The van der Waals surface area contributed by atoms with Crippen LogP contribution in [0.1, 0.15) is 69.5 Å². The third kappa shape index (κ3) is 13.6. The second-order valence-corrected chi connectivity index (χ2v) is 12.7. The number of carbonyl (C=O) groups is 4. The molecule has 0 heterocycles. The molecule has 56 heavy (non-hydrogen) atoms. The molecule has 0 saturated heterocycles. The number of carbonyl (C=O) groups excluding carboxylic acids is 4. The van der Waals surface area contributed by atoms with Crippen LogP contribution in [-0.4, -0.2) is 37.4 Å². The number of unbranched alkanes of at least 4 members (excludes halogenated alkanes) is 3. The summed E-state index contributed by atoms with van der Waals surface area (Å²) in [5.74, 6) is 1.16.